The second-order valence-electron chi connectivity index (χ2n) is 7.43. The second-order valence-corrected chi connectivity index (χ2v) is 13.8. The molecule has 2 aromatic carbocycles. The van der Waals surface area contributed by atoms with Gasteiger partial charge in [0.25, 0.3) is 0 Å². The maximum absolute atomic E-state index is 13.6. The minimum Gasteiger partial charge on any atom is -0.408 e. The molecule has 2 unspecified atom stereocenters. The van der Waals surface area contributed by atoms with Gasteiger partial charge in [0.1, 0.15) is 13.2 Å². The fourth-order valence-electron chi connectivity index (χ4n) is 2.79. The summed E-state index contributed by atoms with van der Waals surface area (Å²) in [6, 6.07) is 15.1. The third-order valence-electron chi connectivity index (χ3n) is 4.70. The van der Waals surface area contributed by atoms with Crippen molar-refractivity contribution < 1.29 is 48.1 Å². The molecule has 13 heteroatoms. The van der Waals surface area contributed by atoms with Gasteiger partial charge in [-0.2, -0.15) is 17.6 Å². The van der Waals surface area contributed by atoms with Gasteiger partial charge in [-0.15, -0.1) is 0 Å². The largest absolute Gasteiger partial charge is 0.408 e. The van der Waals surface area contributed by atoms with Crippen LogP contribution in [0.25, 0.3) is 0 Å². The van der Waals surface area contributed by atoms with Crippen molar-refractivity contribution >= 4 is 27.5 Å². The van der Waals surface area contributed by atoms with Crippen LogP contribution in [-0.2, 0) is 13.0 Å². The van der Waals surface area contributed by atoms with Crippen LogP contribution in [0.5, 0.6) is 0 Å². The molecule has 0 N–H and O–H groups in total. The van der Waals surface area contributed by atoms with Gasteiger partial charge in [-0.05, 0) is 23.5 Å². The van der Waals surface area contributed by atoms with E-state index in [0.29, 0.717) is 0 Å². The molecule has 33 heavy (non-hydrogen) atoms. The Hall–Kier alpha value is -1.81. The van der Waals surface area contributed by atoms with Crippen molar-refractivity contribution in [2.45, 2.75) is 37.8 Å². The van der Waals surface area contributed by atoms with Crippen LogP contribution in [-0.4, -0.2) is 55.0 Å². The van der Waals surface area contributed by atoms with E-state index < -0.39 is 55.0 Å². The Morgan fingerprint density at radius 3 is 1.21 bits per heavy atom. The van der Waals surface area contributed by atoms with Crippen LogP contribution in [0.2, 0.25) is 13.1 Å². The Morgan fingerprint density at radius 1 is 0.636 bits per heavy atom. The standard InChI is InChI=1S/C20H22F8O3Si2/c1-32(15-9-5-3-6-10-15,29-13-19(25,26)17(21)22)31-33(2,16-11-7-4-8-12-16)30-14-20(27,28)18(23)24/h3-12,17-18H,13-14H2,1-2H3. The van der Waals surface area contributed by atoms with Gasteiger partial charge in [-0.1, -0.05) is 60.7 Å². The molecule has 0 aliphatic rings. The number of alkyl halides is 8. The summed E-state index contributed by atoms with van der Waals surface area (Å²) < 4.78 is 122. The van der Waals surface area contributed by atoms with Gasteiger partial charge in [0, 0.05) is 0 Å². The van der Waals surface area contributed by atoms with E-state index in [2.05, 4.69) is 0 Å². The first-order chi connectivity index (χ1) is 15.2. The number of halogens is 8. The molecule has 0 aliphatic carbocycles. The Balaban J connectivity index is 2.46. The molecule has 0 radical (unpaired) electrons. The van der Waals surface area contributed by atoms with Gasteiger partial charge in [0.15, 0.2) is 0 Å². The number of hydrogen-bond acceptors (Lipinski definition) is 3. The first-order valence-corrected chi connectivity index (χ1v) is 14.3. The summed E-state index contributed by atoms with van der Waals surface area (Å²) in [6.45, 7) is -0.858. The summed E-state index contributed by atoms with van der Waals surface area (Å²) >= 11 is 0. The zero-order valence-electron chi connectivity index (χ0n) is 17.6. The van der Waals surface area contributed by atoms with Crippen LogP contribution >= 0.6 is 0 Å². The maximum atomic E-state index is 13.6. The van der Waals surface area contributed by atoms with Crippen molar-refractivity contribution in [3.63, 3.8) is 0 Å². The molecule has 2 aromatic rings. The van der Waals surface area contributed by atoms with Crippen molar-refractivity contribution in [3.05, 3.63) is 60.7 Å². The maximum Gasteiger partial charge on any atom is 0.360 e. The van der Waals surface area contributed by atoms with E-state index in [-0.39, 0.29) is 10.4 Å². The SMILES string of the molecule is C[Si](OCC(F)(F)C(F)F)(O[Si](C)(OCC(F)(F)C(F)F)c1ccccc1)c1ccccc1. The van der Waals surface area contributed by atoms with Crippen molar-refractivity contribution in [1.82, 2.24) is 0 Å². The van der Waals surface area contributed by atoms with Crippen LogP contribution in [0.1, 0.15) is 0 Å². The summed E-state index contributed by atoms with van der Waals surface area (Å²) in [6.07, 6.45) is -8.02. The predicted molar refractivity (Wildman–Crippen MR) is 110 cm³/mol. The lowest BCUT2D eigenvalue weighted by molar-refractivity contribution is -0.154. The third-order valence-corrected chi connectivity index (χ3v) is 12.0. The van der Waals surface area contributed by atoms with E-state index in [0.717, 1.165) is 0 Å². The molecule has 2 atom stereocenters. The third kappa shape index (κ3) is 7.09. The first-order valence-electron chi connectivity index (χ1n) is 9.63. The fraction of sp³-hybridized carbons (Fsp3) is 0.400. The molecule has 0 fully saturated rings. The van der Waals surface area contributed by atoms with Crippen LogP contribution in [0.4, 0.5) is 35.1 Å². The minimum absolute atomic E-state index is 0.231. The lowest BCUT2D eigenvalue weighted by Crippen LogP contribution is -2.65. The van der Waals surface area contributed by atoms with Crippen molar-refractivity contribution in [1.29, 1.82) is 0 Å². The number of rotatable bonds is 12. The van der Waals surface area contributed by atoms with Gasteiger partial charge < -0.3 is 13.0 Å². The molecule has 184 valence electrons. The highest BCUT2D eigenvalue weighted by atomic mass is 28.5. The van der Waals surface area contributed by atoms with E-state index in [9.17, 15) is 35.1 Å². The summed E-state index contributed by atoms with van der Waals surface area (Å²) in [7, 11) is -8.06. The lowest BCUT2D eigenvalue weighted by atomic mass is 10.4. The first kappa shape index (κ1) is 27.4. The molecule has 2 rings (SSSR count). The van der Waals surface area contributed by atoms with Crippen LogP contribution in [0.15, 0.2) is 60.7 Å². The molecule has 0 bridgehead atoms. The fourth-order valence-corrected chi connectivity index (χ4v) is 10.0. The summed E-state index contributed by atoms with van der Waals surface area (Å²) in [5.74, 6) is -9.00. The Kier molecular flexibility index (Phi) is 8.84. The quantitative estimate of drug-likeness (QED) is 0.299. The molecule has 0 aromatic heterocycles. The average Bonchev–Trinajstić information content (AvgIpc) is 2.77. The predicted octanol–water partition coefficient (Wildman–Crippen LogP) is 4.80. The van der Waals surface area contributed by atoms with Crippen molar-refractivity contribution in [2.24, 2.45) is 0 Å². The minimum atomic E-state index is -4.50. The molecular formula is C20H22F8O3Si2. The summed E-state index contributed by atoms with van der Waals surface area (Å²) in [5, 5.41) is 0.461. The Bertz CT molecular complexity index is 805. The van der Waals surface area contributed by atoms with Gasteiger partial charge in [0.05, 0.1) is 0 Å². The van der Waals surface area contributed by atoms with E-state index in [1.165, 1.54) is 61.6 Å². The highest BCUT2D eigenvalue weighted by Gasteiger charge is 2.51. The van der Waals surface area contributed by atoms with Crippen LogP contribution in [0.3, 0.4) is 0 Å². The Labute approximate surface area is 187 Å². The van der Waals surface area contributed by atoms with Gasteiger partial charge >= 0.3 is 41.8 Å². The van der Waals surface area contributed by atoms with Crippen molar-refractivity contribution in [2.75, 3.05) is 13.2 Å². The van der Waals surface area contributed by atoms with Crippen LogP contribution in [0, 0.1) is 0 Å². The number of benzene rings is 2. The number of hydrogen-bond donors (Lipinski definition) is 0. The molecule has 3 nitrogen and oxygen atoms in total. The van der Waals surface area contributed by atoms with Gasteiger partial charge in [0.2, 0.25) is 0 Å². The zero-order valence-corrected chi connectivity index (χ0v) is 19.6. The lowest BCUT2D eigenvalue weighted by Gasteiger charge is -2.38. The summed E-state index contributed by atoms with van der Waals surface area (Å²) in [5.41, 5.74) is 0. The molecule has 0 saturated carbocycles. The molecule has 0 heterocycles. The smallest absolute Gasteiger partial charge is 0.360 e. The molecule has 0 aliphatic heterocycles. The normalized spacial score (nSPS) is 16.6. The monoisotopic (exact) mass is 518 g/mol. The van der Waals surface area contributed by atoms with E-state index >= 15 is 0 Å². The van der Waals surface area contributed by atoms with Crippen LogP contribution < -0.4 is 10.4 Å². The van der Waals surface area contributed by atoms with Gasteiger partial charge in [-0.3, -0.25) is 0 Å². The van der Waals surface area contributed by atoms with E-state index in [4.69, 9.17) is 13.0 Å². The Morgan fingerprint density at radius 2 is 0.939 bits per heavy atom. The zero-order chi connectivity index (χ0) is 24.9. The molecule has 0 saturated heterocycles. The van der Waals surface area contributed by atoms with E-state index in [1.807, 2.05) is 0 Å². The highest BCUT2D eigenvalue weighted by molar-refractivity contribution is 6.92. The summed E-state index contributed by atoms with van der Waals surface area (Å²) in [4.78, 5) is 0. The average molecular weight is 519 g/mol. The topological polar surface area (TPSA) is 27.7 Å². The second kappa shape index (κ2) is 10.6. The molecular weight excluding hydrogens is 496 g/mol. The van der Waals surface area contributed by atoms with E-state index in [1.54, 1.807) is 12.1 Å². The highest BCUT2D eigenvalue weighted by Crippen LogP contribution is 2.28. The molecule has 0 spiro atoms. The molecule has 0 amide bonds. The van der Waals surface area contributed by atoms with Gasteiger partial charge in [-0.25, -0.2) is 17.6 Å². The van der Waals surface area contributed by atoms with Crippen molar-refractivity contribution in [3.8, 4) is 0 Å².